The van der Waals surface area contributed by atoms with Gasteiger partial charge in [-0.1, -0.05) is 69.4 Å². The number of aromatic nitrogens is 1. The number of benzene rings is 1. The number of unbranched alkanes of at least 4 members (excludes halogenated alkanes) is 2. The summed E-state index contributed by atoms with van der Waals surface area (Å²) in [5.74, 6) is 0.251. The lowest BCUT2D eigenvalue weighted by Crippen LogP contribution is -2.45. The van der Waals surface area contributed by atoms with E-state index in [1.807, 2.05) is 0 Å². The summed E-state index contributed by atoms with van der Waals surface area (Å²) in [4.78, 5) is 15.3. The molecule has 29 heavy (non-hydrogen) atoms. The smallest absolute Gasteiger partial charge is 0.237 e. The van der Waals surface area contributed by atoms with Crippen LogP contribution in [0, 0.1) is 0 Å². The first-order valence-electron chi connectivity index (χ1n) is 11.5. The van der Waals surface area contributed by atoms with Crippen molar-refractivity contribution < 1.29 is 4.79 Å². The number of amides is 1. The number of hydrogen-bond acceptors (Lipinski definition) is 2. The van der Waals surface area contributed by atoms with Crippen molar-refractivity contribution in [1.29, 1.82) is 0 Å². The highest BCUT2D eigenvalue weighted by atomic mass is 16.2. The van der Waals surface area contributed by atoms with Crippen LogP contribution in [-0.4, -0.2) is 34.5 Å². The maximum absolute atomic E-state index is 13.1. The Hall–Kier alpha value is -2.07. The van der Waals surface area contributed by atoms with Crippen LogP contribution in [0.5, 0.6) is 0 Å². The molecule has 1 aromatic heterocycles. The molecule has 1 aliphatic carbocycles. The first kappa shape index (κ1) is 21.6. The van der Waals surface area contributed by atoms with Gasteiger partial charge in [-0.25, -0.2) is 0 Å². The molecule has 1 heterocycles. The van der Waals surface area contributed by atoms with Gasteiger partial charge in [-0.3, -0.25) is 4.79 Å². The van der Waals surface area contributed by atoms with Crippen LogP contribution in [0.25, 0.3) is 0 Å². The molecule has 1 fully saturated rings. The predicted molar refractivity (Wildman–Crippen MR) is 120 cm³/mol. The van der Waals surface area contributed by atoms with E-state index in [0.717, 1.165) is 32.4 Å². The first-order valence-corrected chi connectivity index (χ1v) is 11.5. The van der Waals surface area contributed by atoms with Gasteiger partial charge in [0.25, 0.3) is 0 Å². The first-order chi connectivity index (χ1) is 14.3. The van der Waals surface area contributed by atoms with Gasteiger partial charge in [0.15, 0.2) is 0 Å². The Morgan fingerprint density at radius 2 is 1.86 bits per heavy atom. The lowest BCUT2D eigenvalue weighted by molar-refractivity contribution is -0.134. The predicted octanol–water partition coefficient (Wildman–Crippen LogP) is 4.98. The minimum absolute atomic E-state index is 0.251. The fourth-order valence-corrected chi connectivity index (χ4v) is 4.31. The third-order valence-corrected chi connectivity index (χ3v) is 6.02. The largest absolute Gasteiger partial charge is 0.345 e. The molecule has 1 aliphatic rings. The van der Waals surface area contributed by atoms with Crippen molar-refractivity contribution in [3.8, 4) is 0 Å². The van der Waals surface area contributed by atoms with E-state index < -0.39 is 0 Å². The van der Waals surface area contributed by atoms with E-state index in [4.69, 9.17) is 0 Å². The fraction of sp³-hybridized carbons (Fsp3) is 0.560. The zero-order valence-electron chi connectivity index (χ0n) is 18.0. The van der Waals surface area contributed by atoms with Crippen molar-refractivity contribution in [3.63, 3.8) is 0 Å². The van der Waals surface area contributed by atoms with E-state index in [9.17, 15) is 4.79 Å². The van der Waals surface area contributed by atoms with Crippen LogP contribution < -0.4 is 5.32 Å². The zero-order chi connectivity index (χ0) is 20.3. The second-order valence-corrected chi connectivity index (χ2v) is 8.31. The summed E-state index contributed by atoms with van der Waals surface area (Å²) in [7, 11) is 0. The zero-order valence-corrected chi connectivity index (χ0v) is 18.0. The lowest BCUT2D eigenvalue weighted by atomic mass is 9.94. The molecule has 0 atom stereocenters. The molecule has 0 unspecified atom stereocenters. The third-order valence-electron chi connectivity index (χ3n) is 6.02. The minimum Gasteiger partial charge on any atom is -0.345 e. The quantitative estimate of drug-likeness (QED) is 0.545. The van der Waals surface area contributed by atoms with Gasteiger partial charge < -0.3 is 14.8 Å². The van der Waals surface area contributed by atoms with Gasteiger partial charge >= 0.3 is 0 Å². The molecule has 1 N–H and O–H groups in total. The van der Waals surface area contributed by atoms with Crippen LogP contribution in [-0.2, 0) is 17.9 Å². The highest BCUT2D eigenvalue weighted by molar-refractivity contribution is 5.78. The van der Waals surface area contributed by atoms with E-state index in [1.165, 1.54) is 43.4 Å². The molecule has 2 aromatic rings. The number of rotatable bonds is 11. The SMILES string of the molecule is CCCCCNCC(=O)N(Cc1cccn1Cc1ccccc1)C1CCCCC1. The van der Waals surface area contributed by atoms with Gasteiger partial charge in [0.2, 0.25) is 5.91 Å². The number of nitrogens with one attached hydrogen (secondary N) is 1. The van der Waals surface area contributed by atoms with E-state index in [0.29, 0.717) is 19.1 Å². The maximum Gasteiger partial charge on any atom is 0.237 e. The van der Waals surface area contributed by atoms with Gasteiger partial charge in [-0.15, -0.1) is 0 Å². The Balaban J connectivity index is 1.65. The highest BCUT2D eigenvalue weighted by Gasteiger charge is 2.26. The number of hydrogen-bond donors (Lipinski definition) is 1. The van der Waals surface area contributed by atoms with Crippen molar-refractivity contribution in [2.24, 2.45) is 0 Å². The molecule has 4 heteroatoms. The molecule has 0 spiro atoms. The summed E-state index contributed by atoms with van der Waals surface area (Å²) in [5, 5.41) is 3.38. The van der Waals surface area contributed by atoms with Crippen molar-refractivity contribution in [3.05, 3.63) is 59.9 Å². The molecule has 0 bridgehead atoms. The maximum atomic E-state index is 13.1. The topological polar surface area (TPSA) is 37.3 Å². The third kappa shape index (κ3) is 6.74. The lowest BCUT2D eigenvalue weighted by Gasteiger charge is -2.35. The summed E-state index contributed by atoms with van der Waals surface area (Å²) in [5.41, 5.74) is 2.51. The molecule has 1 amide bonds. The van der Waals surface area contributed by atoms with Crippen LogP contribution in [0.1, 0.15) is 69.5 Å². The molecule has 0 radical (unpaired) electrons. The van der Waals surface area contributed by atoms with Crippen LogP contribution in [0.3, 0.4) is 0 Å². The van der Waals surface area contributed by atoms with Gasteiger partial charge in [-0.05, 0) is 43.5 Å². The van der Waals surface area contributed by atoms with Crippen LogP contribution in [0.4, 0.5) is 0 Å². The summed E-state index contributed by atoms with van der Waals surface area (Å²) in [6.07, 6.45) is 11.8. The van der Waals surface area contributed by atoms with Crippen molar-refractivity contribution in [2.45, 2.75) is 77.4 Å². The van der Waals surface area contributed by atoms with Crippen LogP contribution in [0.15, 0.2) is 48.7 Å². The van der Waals surface area contributed by atoms with Crippen LogP contribution >= 0.6 is 0 Å². The number of nitrogens with zero attached hydrogens (tertiary/aromatic N) is 2. The highest BCUT2D eigenvalue weighted by Crippen LogP contribution is 2.24. The Labute approximate surface area is 176 Å². The number of carbonyl (C=O) groups excluding carboxylic acids is 1. The second kappa shape index (κ2) is 11.8. The summed E-state index contributed by atoms with van der Waals surface area (Å²) in [6.45, 7) is 5.16. The standard InChI is InChI=1S/C25H37N3O/c1-2-3-10-17-26-19-25(29)28(23-14-8-5-9-15-23)21-24-16-11-18-27(24)20-22-12-6-4-7-13-22/h4,6-7,11-13,16,18,23,26H,2-3,5,8-10,14-15,17,19-21H2,1H3. The van der Waals surface area contributed by atoms with E-state index in [1.54, 1.807) is 0 Å². The summed E-state index contributed by atoms with van der Waals surface area (Å²) in [6, 6.07) is 15.2. The molecule has 1 saturated carbocycles. The monoisotopic (exact) mass is 395 g/mol. The molecule has 158 valence electrons. The molecule has 4 nitrogen and oxygen atoms in total. The van der Waals surface area contributed by atoms with E-state index >= 15 is 0 Å². The van der Waals surface area contributed by atoms with E-state index in [-0.39, 0.29) is 5.91 Å². The number of carbonyl (C=O) groups is 1. The molecule has 1 aromatic carbocycles. The minimum atomic E-state index is 0.251. The summed E-state index contributed by atoms with van der Waals surface area (Å²) >= 11 is 0. The molecule has 0 saturated heterocycles. The Morgan fingerprint density at radius 3 is 2.62 bits per heavy atom. The molecular formula is C25H37N3O. The average molecular weight is 396 g/mol. The van der Waals surface area contributed by atoms with Crippen molar-refractivity contribution in [2.75, 3.05) is 13.1 Å². The fourth-order valence-electron chi connectivity index (χ4n) is 4.31. The molecular weight excluding hydrogens is 358 g/mol. The van der Waals surface area contributed by atoms with Gasteiger partial charge in [0, 0.05) is 24.5 Å². The Bertz CT molecular complexity index is 719. The molecule has 3 rings (SSSR count). The van der Waals surface area contributed by atoms with Crippen molar-refractivity contribution >= 4 is 5.91 Å². The second-order valence-electron chi connectivity index (χ2n) is 8.31. The normalized spacial score (nSPS) is 14.8. The van der Waals surface area contributed by atoms with Gasteiger partial charge in [-0.2, -0.15) is 0 Å². The van der Waals surface area contributed by atoms with E-state index in [2.05, 4.69) is 70.4 Å². The average Bonchev–Trinajstić information content (AvgIpc) is 3.19. The van der Waals surface area contributed by atoms with Crippen molar-refractivity contribution in [1.82, 2.24) is 14.8 Å². The van der Waals surface area contributed by atoms with Crippen LogP contribution in [0.2, 0.25) is 0 Å². The van der Waals surface area contributed by atoms with Gasteiger partial charge in [0.1, 0.15) is 0 Å². The molecule has 0 aliphatic heterocycles. The van der Waals surface area contributed by atoms with Gasteiger partial charge in [0.05, 0.1) is 13.1 Å². The Kier molecular flexibility index (Phi) is 8.82. The summed E-state index contributed by atoms with van der Waals surface area (Å²) < 4.78 is 2.28. The Morgan fingerprint density at radius 1 is 1.07 bits per heavy atom.